The lowest BCUT2D eigenvalue weighted by Gasteiger charge is -2.28. The zero-order chi connectivity index (χ0) is 22.2. The first-order valence-corrected chi connectivity index (χ1v) is 10.6. The summed E-state index contributed by atoms with van der Waals surface area (Å²) in [5, 5.41) is 0. The van der Waals surface area contributed by atoms with Crippen LogP contribution in [0.3, 0.4) is 0 Å². The number of nitrogens with zero attached hydrogens (tertiary/aromatic N) is 2. The number of amidine groups is 1. The molecule has 0 spiro atoms. The third-order valence-electron chi connectivity index (χ3n) is 4.59. The Balaban J connectivity index is 2.16. The highest BCUT2D eigenvalue weighted by Gasteiger charge is 2.67. The van der Waals surface area contributed by atoms with E-state index in [4.69, 9.17) is 0 Å². The van der Waals surface area contributed by atoms with Crippen molar-refractivity contribution in [1.82, 2.24) is 9.62 Å². The standard InChI is InChI=1S/C20H20F3N3O3S/c1-3-13-26-17(15-7-5-4-6-8-15)24-19(18(26)27,20(21,22)23)25-30(28,29)16-11-9-14(2)10-12-16/h4-12,25H,3,13H2,1-2H3. The molecule has 0 bridgehead atoms. The van der Waals surface area contributed by atoms with Gasteiger partial charge in [0.1, 0.15) is 5.84 Å². The monoisotopic (exact) mass is 439 g/mol. The quantitative estimate of drug-likeness (QED) is 0.751. The molecule has 1 N–H and O–H groups in total. The topological polar surface area (TPSA) is 78.8 Å². The molecule has 1 aliphatic rings. The highest BCUT2D eigenvalue weighted by atomic mass is 32.2. The first-order chi connectivity index (χ1) is 14.0. The summed E-state index contributed by atoms with van der Waals surface area (Å²) in [5.74, 6) is -1.71. The summed E-state index contributed by atoms with van der Waals surface area (Å²) in [6.07, 6.45) is -4.94. The van der Waals surface area contributed by atoms with Gasteiger partial charge in [0.05, 0.1) is 4.90 Å². The molecule has 2 aromatic rings. The maximum Gasteiger partial charge on any atom is 0.437 e. The van der Waals surface area contributed by atoms with Crippen molar-refractivity contribution >= 4 is 21.8 Å². The molecule has 160 valence electrons. The number of sulfonamides is 1. The summed E-state index contributed by atoms with van der Waals surface area (Å²) in [6, 6.07) is 13.1. The molecule has 0 aliphatic carbocycles. The van der Waals surface area contributed by atoms with E-state index in [1.54, 1.807) is 36.8 Å². The van der Waals surface area contributed by atoms with Crippen LogP contribution < -0.4 is 4.72 Å². The van der Waals surface area contributed by atoms with Crippen molar-refractivity contribution in [3.8, 4) is 0 Å². The minimum absolute atomic E-state index is 0.0450. The van der Waals surface area contributed by atoms with Crippen molar-refractivity contribution in [2.75, 3.05) is 6.54 Å². The van der Waals surface area contributed by atoms with E-state index in [-0.39, 0.29) is 17.9 Å². The predicted octanol–water partition coefficient (Wildman–Crippen LogP) is 3.23. The first kappa shape index (κ1) is 22.0. The molecule has 0 aromatic heterocycles. The number of nitrogens with one attached hydrogen (secondary N) is 1. The highest BCUT2D eigenvalue weighted by Crippen LogP contribution is 2.39. The van der Waals surface area contributed by atoms with E-state index in [1.807, 2.05) is 0 Å². The molecule has 0 fully saturated rings. The van der Waals surface area contributed by atoms with Crippen LogP contribution in [0.4, 0.5) is 13.2 Å². The molecule has 0 saturated carbocycles. The molecule has 1 aliphatic heterocycles. The summed E-state index contributed by atoms with van der Waals surface area (Å²) >= 11 is 0. The van der Waals surface area contributed by atoms with Gasteiger partial charge in [-0.05, 0) is 25.5 Å². The second kappa shape index (κ2) is 7.84. The molecule has 1 unspecified atom stereocenters. The Bertz CT molecular complexity index is 1070. The Morgan fingerprint density at radius 1 is 1.07 bits per heavy atom. The van der Waals surface area contributed by atoms with E-state index in [9.17, 15) is 26.4 Å². The third-order valence-corrected chi connectivity index (χ3v) is 6.04. The van der Waals surface area contributed by atoms with Gasteiger partial charge in [-0.3, -0.25) is 9.69 Å². The lowest BCUT2D eigenvalue weighted by Crippen LogP contribution is -2.63. The molecular weight excluding hydrogens is 419 g/mol. The first-order valence-electron chi connectivity index (χ1n) is 9.16. The molecule has 6 nitrogen and oxygen atoms in total. The van der Waals surface area contributed by atoms with Crippen LogP contribution in [0.15, 0.2) is 64.5 Å². The van der Waals surface area contributed by atoms with Crippen LogP contribution in [-0.2, 0) is 14.8 Å². The number of benzene rings is 2. The molecular formula is C20H20F3N3O3S. The number of rotatable bonds is 6. The van der Waals surface area contributed by atoms with Crippen LogP contribution in [-0.4, -0.2) is 43.4 Å². The van der Waals surface area contributed by atoms with Crippen LogP contribution >= 0.6 is 0 Å². The van der Waals surface area contributed by atoms with Crippen LogP contribution in [0.1, 0.15) is 24.5 Å². The molecule has 3 rings (SSSR count). The van der Waals surface area contributed by atoms with Gasteiger partial charge in [-0.2, -0.15) is 17.9 Å². The number of hydrogen-bond donors (Lipinski definition) is 1. The SMILES string of the molecule is CCCN1C(=O)C(NS(=O)(=O)c2ccc(C)cc2)(C(F)(F)F)N=C1c1ccccc1. The van der Waals surface area contributed by atoms with Gasteiger partial charge in [0, 0.05) is 12.1 Å². The minimum Gasteiger partial charge on any atom is -0.293 e. The van der Waals surface area contributed by atoms with Crippen LogP contribution in [0.5, 0.6) is 0 Å². The van der Waals surface area contributed by atoms with Crippen molar-refractivity contribution < 1.29 is 26.4 Å². The summed E-state index contributed by atoms with van der Waals surface area (Å²) in [7, 11) is -4.70. The Morgan fingerprint density at radius 2 is 1.67 bits per heavy atom. The Hall–Kier alpha value is -2.72. The number of halogens is 3. The molecule has 0 radical (unpaired) electrons. The van der Waals surface area contributed by atoms with Crippen molar-refractivity contribution in [2.45, 2.75) is 37.0 Å². The van der Waals surface area contributed by atoms with Gasteiger partial charge in [0.25, 0.3) is 5.91 Å². The van der Waals surface area contributed by atoms with Gasteiger partial charge >= 0.3 is 11.8 Å². The fourth-order valence-electron chi connectivity index (χ4n) is 3.08. The summed E-state index contributed by atoms with van der Waals surface area (Å²) < 4.78 is 69.7. The predicted molar refractivity (Wildman–Crippen MR) is 105 cm³/mol. The number of amides is 1. The fraction of sp³-hybridized carbons (Fsp3) is 0.300. The van der Waals surface area contributed by atoms with Crippen molar-refractivity contribution in [1.29, 1.82) is 0 Å². The van der Waals surface area contributed by atoms with Gasteiger partial charge in [-0.1, -0.05) is 55.0 Å². The highest BCUT2D eigenvalue weighted by molar-refractivity contribution is 7.89. The van der Waals surface area contributed by atoms with E-state index in [0.29, 0.717) is 6.42 Å². The normalized spacial score (nSPS) is 19.8. The van der Waals surface area contributed by atoms with Crippen molar-refractivity contribution in [3.63, 3.8) is 0 Å². The van der Waals surface area contributed by atoms with Gasteiger partial charge < -0.3 is 0 Å². The zero-order valence-electron chi connectivity index (χ0n) is 16.3. The Morgan fingerprint density at radius 3 is 2.20 bits per heavy atom. The van der Waals surface area contributed by atoms with E-state index >= 15 is 0 Å². The number of alkyl halides is 3. The Labute approximate surface area is 172 Å². The van der Waals surface area contributed by atoms with Crippen molar-refractivity contribution in [3.05, 3.63) is 65.7 Å². The lowest BCUT2D eigenvalue weighted by atomic mass is 10.1. The summed E-state index contributed by atoms with van der Waals surface area (Å²) in [4.78, 5) is 17.1. The number of carbonyl (C=O) groups excluding carboxylic acids is 1. The van der Waals surface area contributed by atoms with Gasteiger partial charge in [-0.25, -0.2) is 13.4 Å². The number of aliphatic imine (C=N–C) groups is 1. The molecule has 10 heteroatoms. The second-order valence-electron chi connectivity index (χ2n) is 6.88. The van der Waals surface area contributed by atoms with E-state index < -0.39 is 32.7 Å². The number of carbonyl (C=O) groups is 1. The van der Waals surface area contributed by atoms with E-state index in [1.165, 1.54) is 36.4 Å². The fourth-order valence-corrected chi connectivity index (χ4v) is 4.33. The average molecular weight is 439 g/mol. The summed E-state index contributed by atoms with van der Waals surface area (Å²) in [5.41, 5.74) is -2.63. The van der Waals surface area contributed by atoms with Gasteiger partial charge in [0.2, 0.25) is 10.0 Å². The van der Waals surface area contributed by atoms with Gasteiger partial charge in [-0.15, -0.1) is 0 Å². The molecule has 1 atom stereocenters. The van der Waals surface area contributed by atoms with Crippen LogP contribution in [0.25, 0.3) is 0 Å². The Kier molecular flexibility index (Phi) is 5.74. The van der Waals surface area contributed by atoms with Crippen LogP contribution in [0, 0.1) is 6.92 Å². The third kappa shape index (κ3) is 3.84. The maximum atomic E-state index is 14.2. The zero-order valence-corrected chi connectivity index (χ0v) is 17.1. The number of hydrogen-bond acceptors (Lipinski definition) is 4. The smallest absolute Gasteiger partial charge is 0.293 e. The maximum absolute atomic E-state index is 14.2. The number of aryl methyl sites for hydroxylation is 1. The molecule has 1 heterocycles. The molecule has 2 aromatic carbocycles. The van der Waals surface area contributed by atoms with E-state index in [0.717, 1.165) is 10.5 Å². The van der Waals surface area contributed by atoms with Crippen molar-refractivity contribution in [2.24, 2.45) is 4.99 Å². The largest absolute Gasteiger partial charge is 0.437 e. The lowest BCUT2D eigenvalue weighted by molar-refractivity contribution is -0.194. The molecule has 30 heavy (non-hydrogen) atoms. The average Bonchev–Trinajstić information content (AvgIpc) is 2.96. The van der Waals surface area contributed by atoms with Crippen LogP contribution in [0.2, 0.25) is 0 Å². The summed E-state index contributed by atoms with van der Waals surface area (Å²) in [6.45, 7) is 3.36. The minimum atomic E-state index is -5.30. The second-order valence-corrected chi connectivity index (χ2v) is 8.57. The van der Waals surface area contributed by atoms with Gasteiger partial charge in [0.15, 0.2) is 0 Å². The van der Waals surface area contributed by atoms with E-state index in [2.05, 4.69) is 4.99 Å². The molecule has 1 amide bonds. The molecule has 0 saturated heterocycles.